The molecule has 3 rings (SSSR count). The highest BCUT2D eigenvalue weighted by atomic mass is 16.5. The molecule has 0 aliphatic heterocycles. The predicted octanol–water partition coefficient (Wildman–Crippen LogP) is 5.84. The van der Waals surface area contributed by atoms with Gasteiger partial charge in [-0.05, 0) is 65.5 Å². The van der Waals surface area contributed by atoms with E-state index in [2.05, 4.69) is 63.3 Å². The number of hydrogen-bond acceptors (Lipinski definition) is 2. The average Bonchev–Trinajstić information content (AvgIpc) is 2.84. The fourth-order valence-electron chi connectivity index (χ4n) is 4.26. The molecule has 0 saturated heterocycles. The molecule has 0 heterocycles. The Morgan fingerprint density at radius 2 is 1.93 bits per heavy atom. The summed E-state index contributed by atoms with van der Waals surface area (Å²) in [6.45, 7) is 11.2. The van der Waals surface area contributed by atoms with Gasteiger partial charge in [0.05, 0.1) is 12.6 Å². The highest BCUT2D eigenvalue weighted by Gasteiger charge is 2.40. The largest absolute Gasteiger partial charge is 0.493 e. The topological polar surface area (TPSA) is 58.6 Å². The molecular formula is C24H31NO3. The van der Waals surface area contributed by atoms with Crippen molar-refractivity contribution in [3.05, 3.63) is 53.1 Å². The monoisotopic (exact) mass is 381 g/mol. The Kier molecular flexibility index (Phi) is 5.69. The van der Waals surface area contributed by atoms with E-state index >= 15 is 0 Å². The molecule has 0 unspecified atom stereocenters. The van der Waals surface area contributed by atoms with Crippen molar-refractivity contribution in [1.82, 2.24) is 5.32 Å². The third-order valence-corrected chi connectivity index (χ3v) is 5.46. The molecule has 0 bridgehead atoms. The third-order valence-electron chi connectivity index (χ3n) is 5.46. The van der Waals surface area contributed by atoms with E-state index in [9.17, 15) is 9.90 Å². The van der Waals surface area contributed by atoms with Crippen molar-refractivity contribution in [1.29, 1.82) is 0 Å². The van der Waals surface area contributed by atoms with E-state index in [0.717, 1.165) is 35.3 Å². The van der Waals surface area contributed by atoms with Crippen LogP contribution >= 0.6 is 0 Å². The van der Waals surface area contributed by atoms with Crippen LogP contribution in [0.2, 0.25) is 0 Å². The van der Waals surface area contributed by atoms with Gasteiger partial charge in [0, 0.05) is 5.56 Å². The summed E-state index contributed by atoms with van der Waals surface area (Å²) < 4.78 is 5.96. The van der Waals surface area contributed by atoms with Crippen LogP contribution in [0.5, 0.6) is 5.75 Å². The minimum absolute atomic E-state index is 0.177. The lowest BCUT2D eigenvalue weighted by molar-refractivity contribution is 0.175. The molecule has 0 radical (unpaired) electrons. The third kappa shape index (κ3) is 4.16. The Labute approximate surface area is 167 Å². The van der Waals surface area contributed by atoms with Gasteiger partial charge >= 0.3 is 6.09 Å². The highest BCUT2D eigenvalue weighted by Crippen LogP contribution is 2.48. The van der Waals surface area contributed by atoms with Crippen molar-refractivity contribution < 1.29 is 14.6 Å². The highest BCUT2D eigenvalue weighted by molar-refractivity contribution is 5.74. The summed E-state index contributed by atoms with van der Waals surface area (Å²) in [5.74, 6) is 1.44. The molecule has 2 aromatic carbocycles. The SMILES string of the molecule is CCOc1cc2c(cc1-c1ccc(CC(C)C)cc1)CC(C)(C)[C@H]2NC(=O)O. The van der Waals surface area contributed by atoms with Gasteiger partial charge in [0.25, 0.3) is 0 Å². The maximum atomic E-state index is 11.3. The Morgan fingerprint density at radius 3 is 2.50 bits per heavy atom. The van der Waals surface area contributed by atoms with E-state index < -0.39 is 6.09 Å². The summed E-state index contributed by atoms with van der Waals surface area (Å²) in [5.41, 5.74) is 5.58. The number of amides is 1. The molecule has 1 aliphatic carbocycles. The number of fused-ring (bicyclic) bond motifs is 1. The Hall–Kier alpha value is -2.49. The number of carbonyl (C=O) groups is 1. The van der Waals surface area contributed by atoms with Gasteiger partial charge in [0.1, 0.15) is 5.75 Å². The molecule has 0 spiro atoms. The van der Waals surface area contributed by atoms with Gasteiger partial charge in [-0.2, -0.15) is 0 Å². The maximum Gasteiger partial charge on any atom is 0.405 e. The number of carboxylic acid groups (broad SMARTS) is 1. The van der Waals surface area contributed by atoms with Crippen LogP contribution in [0.4, 0.5) is 4.79 Å². The fraction of sp³-hybridized carbons (Fsp3) is 0.458. The van der Waals surface area contributed by atoms with Crippen LogP contribution in [0.15, 0.2) is 36.4 Å². The first kappa shape index (κ1) is 20.2. The zero-order chi connectivity index (χ0) is 20.5. The summed E-state index contributed by atoms with van der Waals surface area (Å²) in [6.07, 6.45) is 0.908. The predicted molar refractivity (Wildman–Crippen MR) is 113 cm³/mol. The maximum absolute atomic E-state index is 11.3. The molecule has 150 valence electrons. The van der Waals surface area contributed by atoms with Gasteiger partial charge in [-0.3, -0.25) is 0 Å². The molecule has 4 heteroatoms. The molecule has 28 heavy (non-hydrogen) atoms. The van der Waals surface area contributed by atoms with Crippen molar-refractivity contribution in [2.75, 3.05) is 6.61 Å². The standard InChI is InChI=1S/C24H31NO3/c1-6-28-21-13-20-18(14-24(4,5)22(20)25-23(26)27)12-19(21)17-9-7-16(8-10-17)11-15(2)3/h7-10,12-13,15,22,25H,6,11,14H2,1-5H3,(H,26,27)/t22-/m0/s1. The zero-order valence-corrected chi connectivity index (χ0v) is 17.5. The second kappa shape index (κ2) is 7.86. The van der Waals surface area contributed by atoms with Gasteiger partial charge in [-0.1, -0.05) is 52.0 Å². The van der Waals surface area contributed by atoms with Crippen LogP contribution in [-0.2, 0) is 12.8 Å². The molecular weight excluding hydrogens is 350 g/mol. The molecule has 1 aliphatic rings. The molecule has 1 amide bonds. The summed E-state index contributed by atoms with van der Waals surface area (Å²) in [4.78, 5) is 11.3. The van der Waals surface area contributed by atoms with E-state index in [4.69, 9.17) is 4.74 Å². The smallest absolute Gasteiger partial charge is 0.405 e. The van der Waals surface area contributed by atoms with E-state index in [0.29, 0.717) is 12.5 Å². The van der Waals surface area contributed by atoms with Crippen molar-refractivity contribution >= 4 is 6.09 Å². The van der Waals surface area contributed by atoms with E-state index in [1.807, 2.05) is 13.0 Å². The van der Waals surface area contributed by atoms with Crippen LogP contribution in [0.1, 0.15) is 57.4 Å². The molecule has 0 saturated carbocycles. The summed E-state index contributed by atoms with van der Waals surface area (Å²) in [5, 5.41) is 12.0. The fourth-order valence-corrected chi connectivity index (χ4v) is 4.26. The van der Waals surface area contributed by atoms with Crippen molar-refractivity contribution in [2.45, 2.75) is 53.5 Å². The van der Waals surface area contributed by atoms with Crippen molar-refractivity contribution in [3.8, 4) is 16.9 Å². The van der Waals surface area contributed by atoms with Crippen LogP contribution in [0.25, 0.3) is 11.1 Å². The van der Waals surface area contributed by atoms with E-state index in [1.54, 1.807) is 0 Å². The first-order valence-electron chi connectivity index (χ1n) is 10.1. The number of hydrogen-bond donors (Lipinski definition) is 2. The molecule has 0 aromatic heterocycles. The minimum Gasteiger partial charge on any atom is -0.493 e. The lowest BCUT2D eigenvalue weighted by Gasteiger charge is -2.27. The Bertz CT molecular complexity index is 853. The van der Waals surface area contributed by atoms with Gasteiger partial charge in [0.2, 0.25) is 0 Å². The summed E-state index contributed by atoms with van der Waals surface area (Å²) in [6, 6.07) is 12.7. The number of benzene rings is 2. The number of nitrogens with one attached hydrogen (secondary N) is 1. The van der Waals surface area contributed by atoms with Crippen molar-refractivity contribution in [2.24, 2.45) is 11.3 Å². The lowest BCUT2D eigenvalue weighted by Crippen LogP contribution is -2.34. The van der Waals surface area contributed by atoms with E-state index in [-0.39, 0.29) is 11.5 Å². The van der Waals surface area contributed by atoms with Gasteiger partial charge in [-0.25, -0.2) is 4.79 Å². The minimum atomic E-state index is -0.992. The second-order valence-corrected chi connectivity index (χ2v) is 8.82. The quantitative estimate of drug-likeness (QED) is 0.661. The van der Waals surface area contributed by atoms with Gasteiger partial charge in [-0.15, -0.1) is 0 Å². The molecule has 2 aromatic rings. The van der Waals surface area contributed by atoms with E-state index in [1.165, 1.54) is 11.1 Å². The first-order chi connectivity index (χ1) is 13.2. The van der Waals surface area contributed by atoms with Crippen LogP contribution < -0.4 is 10.1 Å². The average molecular weight is 382 g/mol. The lowest BCUT2D eigenvalue weighted by atomic mass is 9.85. The van der Waals surface area contributed by atoms with Crippen LogP contribution in [0, 0.1) is 11.3 Å². The first-order valence-corrected chi connectivity index (χ1v) is 10.1. The van der Waals surface area contributed by atoms with Crippen molar-refractivity contribution in [3.63, 3.8) is 0 Å². The number of ether oxygens (including phenoxy) is 1. The number of rotatable bonds is 6. The Balaban J connectivity index is 2.03. The summed E-state index contributed by atoms with van der Waals surface area (Å²) in [7, 11) is 0. The summed E-state index contributed by atoms with van der Waals surface area (Å²) >= 11 is 0. The molecule has 2 N–H and O–H groups in total. The van der Waals surface area contributed by atoms with Crippen LogP contribution in [0.3, 0.4) is 0 Å². The van der Waals surface area contributed by atoms with Gasteiger partial charge in [0.15, 0.2) is 0 Å². The molecule has 1 atom stereocenters. The second-order valence-electron chi connectivity index (χ2n) is 8.82. The zero-order valence-electron chi connectivity index (χ0n) is 17.5. The van der Waals surface area contributed by atoms with Crippen LogP contribution in [-0.4, -0.2) is 17.8 Å². The van der Waals surface area contributed by atoms with Gasteiger partial charge < -0.3 is 15.2 Å². The Morgan fingerprint density at radius 1 is 1.25 bits per heavy atom. The molecule has 4 nitrogen and oxygen atoms in total. The molecule has 0 fully saturated rings. The normalized spacial score (nSPS) is 17.4.